The van der Waals surface area contributed by atoms with Crippen LogP contribution >= 0.6 is 0 Å². The van der Waals surface area contributed by atoms with Crippen molar-refractivity contribution in [3.8, 4) is 0 Å². The summed E-state index contributed by atoms with van der Waals surface area (Å²) >= 11 is 0. The molecule has 0 saturated carbocycles. The lowest BCUT2D eigenvalue weighted by atomic mass is 10.2. The molecule has 7 heavy (non-hydrogen) atoms. The van der Waals surface area contributed by atoms with Crippen LogP contribution in [0.5, 0.6) is 0 Å². The van der Waals surface area contributed by atoms with Gasteiger partial charge in [-0.1, -0.05) is 13.5 Å². The van der Waals surface area contributed by atoms with Crippen LogP contribution in [0.25, 0.3) is 0 Å². The maximum Gasteiger partial charge on any atom is 0.0433 e. The van der Waals surface area contributed by atoms with Crippen molar-refractivity contribution in [2.75, 3.05) is 0 Å². The summed E-state index contributed by atoms with van der Waals surface area (Å²) in [4.78, 5) is 0. The van der Waals surface area contributed by atoms with Crippen molar-refractivity contribution in [2.24, 2.45) is 11.5 Å². The highest BCUT2D eigenvalue weighted by Gasteiger charge is 1.95. The van der Waals surface area contributed by atoms with Gasteiger partial charge in [0.25, 0.3) is 0 Å². The Morgan fingerprint density at radius 1 is 1.86 bits per heavy atom. The van der Waals surface area contributed by atoms with Crippen LogP contribution in [0.4, 0.5) is 0 Å². The molecule has 0 aromatic heterocycles. The van der Waals surface area contributed by atoms with Crippen LogP contribution in [-0.4, -0.2) is 6.04 Å². The Hall–Kier alpha value is -0.500. The summed E-state index contributed by atoms with van der Waals surface area (Å²) in [5, 5.41) is 0. The average molecular weight is 100 g/mol. The summed E-state index contributed by atoms with van der Waals surface area (Å²) in [6, 6.07) is -0.0139. The summed E-state index contributed by atoms with van der Waals surface area (Å²) < 4.78 is 0. The molecule has 0 amide bonds. The third-order valence-corrected chi connectivity index (χ3v) is 0.916. The van der Waals surface area contributed by atoms with Crippen LogP contribution in [0.3, 0.4) is 0 Å². The van der Waals surface area contributed by atoms with Gasteiger partial charge in [0, 0.05) is 11.7 Å². The summed E-state index contributed by atoms with van der Waals surface area (Å²) in [7, 11) is 0. The van der Waals surface area contributed by atoms with Crippen molar-refractivity contribution >= 4 is 0 Å². The second-order valence-corrected chi connectivity index (χ2v) is 1.59. The lowest BCUT2D eigenvalue weighted by molar-refractivity contribution is 0.734. The van der Waals surface area contributed by atoms with E-state index < -0.39 is 0 Å². The fourth-order valence-electron chi connectivity index (χ4n) is 0.262. The molecule has 0 rings (SSSR count). The second kappa shape index (κ2) is 2.64. The molecule has 0 radical (unpaired) electrons. The monoisotopic (exact) mass is 100 g/mol. The minimum atomic E-state index is -0.0139. The molecule has 0 fully saturated rings. The molecule has 0 aromatic rings. The summed E-state index contributed by atoms with van der Waals surface area (Å²) in [6.07, 6.45) is 0.870. The molecule has 4 N–H and O–H groups in total. The van der Waals surface area contributed by atoms with Gasteiger partial charge in [-0.05, 0) is 6.42 Å². The molecule has 2 heteroatoms. The molecular weight excluding hydrogens is 88.1 g/mol. The van der Waals surface area contributed by atoms with Gasteiger partial charge in [0.1, 0.15) is 0 Å². The quantitative estimate of drug-likeness (QED) is 0.520. The highest BCUT2D eigenvalue weighted by atomic mass is 14.7. The Bertz CT molecular complexity index is 68.5. The molecule has 1 atom stereocenters. The van der Waals surface area contributed by atoms with Gasteiger partial charge in [-0.15, -0.1) is 0 Å². The minimum absolute atomic E-state index is 0.0139. The fourth-order valence-corrected chi connectivity index (χ4v) is 0.262. The fraction of sp³-hybridized carbons (Fsp3) is 0.600. The molecule has 0 aliphatic rings. The topological polar surface area (TPSA) is 52.0 Å². The lowest BCUT2D eigenvalue weighted by Gasteiger charge is -2.04. The smallest absolute Gasteiger partial charge is 0.0433 e. The number of nitrogens with two attached hydrogens (primary N) is 2. The molecule has 0 saturated heterocycles. The molecule has 0 aliphatic heterocycles. The van der Waals surface area contributed by atoms with E-state index >= 15 is 0 Å². The van der Waals surface area contributed by atoms with Crippen LogP contribution in [0, 0.1) is 0 Å². The molecule has 42 valence electrons. The number of rotatable bonds is 2. The maximum atomic E-state index is 5.39. The molecule has 0 aliphatic carbocycles. The van der Waals surface area contributed by atoms with E-state index in [1.165, 1.54) is 0 Å². The van der Waals surface area contributed by atoms with E-state index in [-0.39, 0.29) is 6.04 Å². The summed E-state index contributed by atoms with van der Waals surface area (Å²) in [5.74, 6) is 0. The number of hydrogen-bond donors (Lipinski definition) is 2. The normalized spacial score (nSPS) is 13.4. The Labute approximate surface area is 44.2 Å². The van der Waals surface area contributed by atoms with Crippen molar-refractivity contribution in [2.45, 2.75) is 19.4 Å². The largest absolute Gasteiger partial charge is 0.401 e. The molecule has 0 bridgehead atoms. The summed E-state index contributed by atoms with van der Waals surface area (Å²) in [5.41, 5.74) is 11.2. The first-order chi connectivity index (χ1) is 3.18. The van der Waals surface area contributed by atoms with Crippen LogP contribution < -0.4 is 11.5 Å². The predicted molar refractivity (Wildman–Crippen MR) is 31.6 cm³/mol. The molecule has 0 heterocycles. The Balaban J connectivity index is 3.34. The van der Waals surface area contributed by atoms with Gasteiger partial charge in [0.15, 0.2) is 0 Å². The standard InChI is InChI=1S/C5H12N2/c1-3-5(7)4(2)6/h5H,2-3,6-7H2,1H3. The predicted octanol–water partition coefficient (Wildman–Crippen LogP) is 0.196. The van der Waals surface area contributed by atoms with E-state index in [0.29, 0.717) is 5.70 Å². The van der Waals surface area contributed by atoms with Gasteiger partial charge in [0.2, 0.25) is 0 Å². The van der Waals surface area contributed by atoms with Crippen molar-refractivity contribution in [3.63, 3.8) is 0 Å². The molecule has 1 unspecified atom stereocenters. The highest BCUT2D eigenvalue weighted by molar-refractivity contribution is 4.96. The molecule has 2 nitrogen and oxygen atoms in total. The Morgan fingerprint density at radius 2 is 2.29 bits per heavy atom. The van der Waals surface area contributed by atoms with Gasteiger partial charge in [0.05, 0.1) is 0 Å². The zero-order chi connectivity index (χ0) is 5.86. The summed E-state index contributed by atoms with van der Waals surface area (Å²) in [6.45, 7) is 5.45. The first-order valence-electron chi connectivity index (χ1n) is 2.38. The van der Waals surface area contributed by atoms with Crippen LogP contribution in [-0.2, 0) is 0 Å². The van der Waals surface area contributed by atoms with Gasteiger partial charge >= 0.3 is 0 Å². The average Bonchev–Trinajstić information content (AvgIpc) is 1.65. The molecule has 0 spiro atoms. The third-order valence-electron chi connectivity index (χ3n) is 0.916. The van der Waals surface area contributed by atoms with Crippen LogP contribution in [0.15, 0.2) is 12.3 Å². The molecular formula is C5H12N2. The zero-order valence-corrected chi connectivity index (χ0v) is 4.65. The minimum Gasteiger partial charge on any atom is -0.401 e. The van der Waals surface area contributed by atoms with Crippen molar-refractivity contribution < 1.29 is 0 Å². The van der Waals surface area contributed by atoms with Gasteiger partial charge in [-0.25, -0.2) is 0 Å². The maximum absolute atomic E-state index is 5.39. The first-order valence-corrected chi connectivity index (χ1v) is 2.38. The van der Waals surface area contributed by atoms with E-state index in [0.717, 1.165) is 6.42 Å². The van der Waals surface area contributed by atoms with E-state index in [4.69, 9.17) is 11.5 Å². The number of hydrogen-bond acceptors (Lipinski definition) is 2. The van der Waals surface area contributed by atoms with Crippen molar-refractivity contribution in [1.82, 2.24) is 0 Å². The SMILES string of the molecule is C=C(N)C(N)CC. The van der Waals surface area contributed by atoms with Gasteiger partial charge in [-0.2, -0.15) is 0 Å². The van der Waals surface area contributed by atoms with Gasteiger partial charge in [-0.3, -0.25) is 0 Å². The second-order valence-electron chi connectivity index (χ2n) is 1.59. The van der Waals surface area contributed by atoms with E-state index in [1.54, 1.807) is 0 Å². The van der Waals surface area contributed by atoms with Crippen LogP contribution in [0.2, 0.25) is 0 Å². The van der Waals surface area contributed by atoms with E-state index in [9.17, 15) is 0 Å². The zero-order valence-electron chi connectivity index (χ0n) is 4.65. The first kappa shape index (κ1) is 6.50. The lowest BCUT2D eigenvalue weighted by Crippen LogP contribution is -2.25. The van der Waals surface area contributed by atoms with Crippen molar-refractivity contribution in [1.29, 1.82) is 0 Å². The Kier molecular flexibility index (Phi) is 2.45. The van der Waals surface area contributed by atoms with E-state index in [1.807, 2.05) is 6.92 Å². The van der Waals surface area contributed by atoms with Crippen molar-refractivity contribution in [3.05, 3.63) is 12.3 Å². The highest BCUT2D eigenvalue weighted by Crippen LogP contribution is 1.90. The third kappa shape index (κ3) is 2.23. The van der Waals surface area contributed by atoms with E-state index in [2.05, 4.69) is 6.58 Å². The Morgan fingerprint density at radius 3 is 2.29 bits per heavy atom. The van der Waals surface area contributed by atoms with Gasteiger partial charge < -0.3 is 11.5 Å². The van der Waals surface area contributed by atoms with Crippen LogP contribution in [0.1, 0.15) is 13.3 Å². The molecule has 0 aromatic carbocycles.